The Morgan fingerprint density at radius 1 is 0.950 bits per heavy atom. The van der Waals surface area contributed by atoms with Gasteiger partial charge in [-0.3, -0.25) is 4.79 Å². The van der Waals surface area contributed by atoms with E-state index in [-0.39, 0.29) is 11.7 Å². The van der Waals surface area contributed by atoms with Crippen LogP contribution in [0.4, 0.5) is 0 Å². The number of nitrogens with zero attached hydrogens (tertiary/aromatic N) is 1. The van der Waals surface area contributed by atoms with Gasteiger partial charge in [0.15, 0.2) is 5.78 Å². The van der Waals surface area contributed by atoms with Crippen molar-refractivity contribution in [3.8, 4) is 0 Å². The number of rotatable bonds is 5. The van der Waals surface area contributed by atoms with Crippen LogP contribution in [-0.4, -0.2) is 30.3 Å². The molecule has 0 spiro atoms. The SMILES string of the molecule is O=C(c1ccccc1)C(CN1CCC1)c1ccccc1. The fourth-order valence-electron chi connectivity index (χ4n) is 2.65. The van der Waals surface area contributed by atoms with E-state index in [0.29, 0.717) is 0 Å². The molecule has 102 valence electrons. The van der Waals surface area contributed by atoms with Gasteiger partial charge in [-0.15, -0.1) is 0 Å². The van der Waals surface area contributed by atoms with Gasteiger partial charge in [-0.2, -0.15) is 0 Å². The Bertz CT molecular complexity index is 560. The van der Waals surface area contributed by atoms with E-state index in [4.69, 9.17) is 0 Å². The lowest BCUT2D eigenvalue weighted by Crippen LogP contribution is -2.41. The van der Waals surface area contributed by atoms with Crippen LogP contribution in [-0.2, 0) is 0 Å². The number of ketones is 1. The van der Waals surface area contributed by atoms with E-state index in [1.54, 1.807) is 0 Å². The lowest BCUT2D eigenvalue weighted by atomic mass is 9.89. The van der Waals surface area contributed by atoms with E-state index in [2.05, 4.69) is 17.0 Å². The molecule has 0 radical (unpaired) electrons. The molecular formula is C18H19NO. The van der Waals surface area contributed by atoms with Gasteiger partial charge in [-0.25, -0.2) is 0 Å². The van der Waals surface area contributed by atoms with Gasteiger partial charge in [0.05, 0.1) is 5.92 Å². The molecule has 1 aliphatic rings. The summed E-state index contributed by atoms with van der Waals surface area (Å²) in [7, 11) is 0. The highest BCUT2D eigenvalue weighted by molar-refractivity contribution is 6.01. The summed E-state index contributed by atoms with van der Waals surface area (Å²) in [5, 5.41) is 0. The molecule has 1 aliphatic heterocycles. The number of hydrogen-bond donors (Lipinski definition) is 0. The minimum Gasteiger partial charge on any atom is -0.302 e. The third kappa shape index (κ3) is 2.81. The van der Waals surface area contributed by atoms with Gasteiger partial charge in [-0.05, 0) is 25.1 Å². The Morgan fingerprint density at radius 3 is 2.10 bits per heavy atom. The Labute approximate surface area is 120 Å². The summed E-state index contributed by atoms with van der Waals surface area (Å²) < 4.78 is 0. The van der Waals surface area contributed by atoms with Crippen molar-refractivity contribution >= 4 is 5.78 Å². The molecule has 0 N–H and O–H groups in total. The molecule has 2 aromatic carbocycles. The second-order valence-electron chi connectivity index (χ2n) is 5.35. The molecule has 20 heavy (non-hydrogen) atoms. The van der Waals surface area contributed by atoms with Gasteiger partial charge in [0.25, 0.3) is 0 Å². The lowest BCUT2D eigenvalue weighted by Gasteiger charge is -2.33. The van der Waals surface area contributed by atoms with Crippen molar-refractivity contribution in [2.24, 2.45) is 0 Å². The van der Waals surface area contributed by atoms with Crippen molar-refractivity contribution in [1.29, 1.82) is 0 Å². The van der Waals surface area contributed by atoms with Gasteiger partial charge in [0.1, 0.15) is 0 Å². The van der Waals surface area contributed by atoms with Crippen LogP contribution in [0, 0.1) is 0 Å². The van der Waals surface area contributed by atoms with Crippen LogP contribution < -0.4 is 0 Å². The predicted octanol–water partition coefficient (Wildman–Crippen LogP) is 3.36. The molecule has 0 amide bonds. The van der Waals surface area contributed by atoms with Gasteiger partial charge in [0.2, 0.25) is 0 Å². The smallest absolute Gasteiger partial charge is 0.171 e. The molecule has 1 atom stereocenters. The van der Waals surface area contributed by atoms with Crippen molar-refractivity contribution in [3.05, 3.63) is 71.8 Å². The zero-order valence-electron chi connectivity index (χ0n) is 11.5. The van der Waals surface area contributed by atoms with E-state index < -0.39 is 0 Å². The number of carbonyl (C=O) groups is 1. The van der Waals surface area contributed by atoms with E-state index in [1.807, 2.05) is 48.5 Å². The summed E-state index contributed by atoms with van der Waals surface area (Å²) >= 11 is 0. The zero-order valence-corrected chi connectivity index (χ0v) is 11.5. The van der Waals surface area contributed by atoms with E-state index in [1.165, 1.54) is 6.42 Å². The van der Waals surface area contributed by atoms with Crippen LogP contribution in [0.25, 0.3) is 0 Å². The first-order valence-corrected chi connectivity index (χ1v) is 7.21. The molecule has 0 bridgehead atoms. The Kier molecular flexibility index (Phi) is 3.93. The Balaban J connectivity index is 1.86. The summed E-state index contributed by atoms with van der Waals surface area (Å²) in [6.07, 6.45) is 1.25. The predicted molar refractivity (Wildman–Crippen MR) is 81.0 cm³/mol. The standard InChI is InChI=1S/C18H19NO/c20-18(16-10-5-2-6-11-16)17(14-19-12-7-13-19)15-8-3-1-4-9-15/h1-6,8-11,17H,7,12-14H2. The quantitative estimate of drug-likeness (QED) is 0.773. The molecular weight excluding hydrogens is 246 g/mol. The fraction of sp³-hybridized carbons (Fsp3) is 0.278. The van der Waals surface area contributed by atoms with E-state index >= 15 is 0 Å². The summed E-state index contributed by atoms with van der Waals surface area (Å²) in [6.45, 7) is 3.06. The highest BCUT2D eigenvalue weighted by atomic mass is 16.1. The zero-order chi connectivity index (χ0) is 13.8. The molecule has 2 nitrogen and oxygen atoms in total. The minimum absolute atomic E-state index is 0.0566. The Hall–Kier alpha value is -1.93. The maximum absolute atomic E-state index is 12.8. The van der Waals surface area contributed by atoms with Gasteiger partial charge >= 0.3 is 0 Å². The van der Waals surface area contributed by atoms with Crippen LogP contribution in [0.3, 0.4) is 0 Å². The average molecular weight is 265 g/mol. The summed E-state index contributed by atoms with van der Waals surface area (Å²) in [6, 6.07) is 19.8. The monoisotopic (exact) mass is 265 g/mol. The van der Waals surface area contributed by atoms with Crippen LogP contribution in [0.2, 0.25) is 0 Å². The van der Waals surface area contributed by atoms with Crippen LogP contribution >= 0.6 is 0 Å². The van der Waals surface area contributed by atoms with Crippen molar-refractivity contribution in [2.45, 2.75) is 12.3 Å². The number of Topliss-reactive ketones (excluding diaryl/α,β-unsaturated/α-hetero) is 1. The van der Waals surface area contributed by atoms with Crippen LogP contribution in [0.1, 0.15) is 28.3 Å². The topological polar surface area (TPSA) is 20.3 Å². The first-order chi connectivity index (χ1) is 9.84. The highest BCUT2D eigenvalue weighted by Gasteiger charge is 2.26. The van der Waals surface area contributed by atoms with E-state index in [9.17, 15) is 4.79 Å². The number of likely N-dealkylation sites (tertiary alicyclic amines) is 1. The summed E-state index contributed by atoms with van der Waals surface area (Å²) in [4.78, 5) is 15.2. The normalized spacial score (nSPS) is 16.4. The van der Waals surface area contributed by atoms with Crippen molar-refractivity contribution < 1.29 is 4.79 Å². The Morgan fingerprint density at radius 2 is 1.55 bits per heavy atom. The maximum Gasteiger partial charge on any atom is 0.171 e. The minimum atomic E-state index is -0.0566. The van der Waals surface area contributed by atoms with Crippen LogP contribution in [0.15, 0.2) is 60.7 Å². The molecule has 2 heteroatoms. The molecule has 2 aromatic rings. The number of carbonyl (C=O) groups excluding carboxylic acids is 1. The van der Waals surface area contributed by atoms with Crippen LogP contribution in [0.5, 0.6) is 0 Å². The first-order valence-electron chi connectivity index (χ1n) is 7.21. The van der Waals surface area contributed by atoms with Crippen molar-refractivity contribution in [1.82, 2.24) is 4.90 Å². The van der Waals surface area contributed by atoms with Crippen molar-refractivity contribution in [3.63, 3.8) is 0 Å². The third-order valence-electron chi connectivity index (χ3n) is 3.97. The molecule has 1 unspecified atom stereocenters. The number of hydrogen-bond acceptors (Lipinski definition) is 2. The van der Waals surface area contributed by atoms with Gasteiger partial charge in [-0.1, -0.05) is 60.7 Å². The van der Waals surface area contributed by atoms with Gasteiger partial charge < -0.3 is 4.90 Å². The van der Waals surface area contributed by atoms with E-state index in [0.717, 1.165) is 30.8 Å². The molecule has 3 rings (SSSR count). The highest BCUT2D eigenvalue weighted by Crippen LogP contribution is 2.24. The second-order valence-corrected chi connectivity index (χ2v) is 5.35. The lowest BCUT2D eigenvalue weighted by molar-refractivity contribution is 0.0903. The maximum atomic E-state index is 12.8. The fourth-order valence-corrected chi connectivity index (χ4v) is 2.65. The van der Waals surface area contributed by atoms with Gasteiger partial charge in [0, 0.05) is 12.1 Å². The molecule has 1 saturated heterocycles. The molecule has 0 aromatic heterocycles. The third-order valence-corrected chi connectivity index (χ3v) is 3.97. The van der Waals surface area contributed by atoms with Crippen molar-refractivity contribution in [2.75, 3.05) is 19.6 Å². The average Bonchev–Trinajstić information content (AvgIpc) is 2.47. The molecule has 0 aliphatic carbocycles. The second kappa shape index (κ2) is 6.02. The molecule has 0 saturated carbocycles. The molecule has 1 fully saturated rings. The first kappa shape index (κ1) is 13.1. The largest absolute Gasteiger partial charge is 0.302 e. The number of benzene rings is 2. The molecule has 1 heterocycles. The summed E-state index contributed by atoms with van der Waals surface area (Å²) in [5.74, 6) is 0.169. The summed E-state index contributed by atoms with van der Waals surface area (Å²) in [5.41, 5.74) is 1.93.